The second kappa shape index (κ2) is 10.7. The Morgan fingerprint density at radius 2 is 2.04 bits per heavy atom. The quantitative estimate of drug-likeness (QED) is 0.525. The van der Waals surface area contributed by atoms with Crippen LogP contribution in [0.4, 0.5) is 0 Å². The van der Waals surface area contributed by atoms with E-state index in [-0.39, 0.29) is 41.9 Å². The van der Waals surface area contributed by atoms with E-state index in [1.807, 2.05) is 26.0 Å². The average Bonchev–Trinajstić information content (AvgIpc) is 2.95. The molecule has 2 atom stereocenters. The minimum Gasteiger partial charge on any atom is -0.391 e. The summed E-state index contributed by atoms with van der Waals surface area (Å²) in [4.78, 5) is 25.0. The summed E-state index contributed by atoms with van der Waals surface area (Å²) in [5, 5.41) is 18.6. The smallest absolute Gasteiger partial charge is 0.252 e. The first-order valence-electron chi connectivity index (χ1n) is 8.15. The lowest BCUT2D eigenvalue weighted by atomic mass is 10.1. The van der Waals surface area contributed by atoms with Crippen molar-refractivity contribution in [2.75, 3.05) is 25.4 Å². The van der Waals surface area contributed by atoms with E-state index in [1.54, 1.807) is 12.1 Å². The van der Waals surface area contributed by atoms with Crippen molar-refractivity contribution >= 4 is 36.0 Å². The molecule has 6 nitrogen and oxygen atoms in total. The lowest BCUT2D eigenvalue weighted by Gasteiger charge is -2.15. The summed E-state index contributed by atoms with van der Waals surface area (Å²) in [6, 6.07) is 7.35. The first kappa shape index (κ1) is 21.8. The zero-order valence-electron chi connectivity index (χ0n) is 14.5. The Morgan fingerprint density at radius 1 is 1.32 bits per heavy atom. The summed E-state index contributed by atoms with van der Waals surface area (Å²) in [5.41, 5.74) is 0.556. The van der Waals surface area contributed by atoms with Gasteiger partial charge in [-0.05, 0) is 26.0 Å². The van der Waals surface area contributed by atoms with Crippen LogP contribution >= 0.6 is 24.2 Å². The molecule has 0 aromatic heterocycles. The number of rotatable bonds is 7. The number of carbonyl (C=O) groups excluding carboxylic acids is 2. The molecule has 0 bridgehead atoms. The van der Waals surface area contributed by atoms with Crippen molar-refractivity contribution < 1.29 is 14.7 Å². The van der Waals surface area contributed by atoms with Gasteiger partial charge in [0, 0.05) is 36.5 Å². The van der Waals surface area contributed by atoms with Gasteiger partial charge in [-0.3, -0.25) is 9.59 Å². The van der Waals surface area contributed by atoms with Crippen LogP contribution in [0.2, 0.25) is 0 Å². The fourth-order valence-electron chi connectivity index (χ4n) is 2.53. The lowest BCUT2D eigenvalue weighted by molar-refractivity contribution is -0.119. The Bertz CT molecular complexity index is 586. The van der Waals surface area contributed by atoms with Crippen molar-refractivity contribution in [1.29, 1.82) is 0 Å². The molecular weight excluding hydrogens is 362 g/mol. The van der Waals surface area contributed by atoms with Crippen molar-refractivity contribution in [1.82, 2.24) is 16.0 Å². The van der Waals surface area contributed by atoms with Crippen LogP contribution in [0.15, 0.2) is 29.2 Å². The Hall–Kier alpha value is -1.28. The normalized spacial score (nSPS) is 19.4. The number of benzene rings is 1. The van der Waals surface area contributed by atoms with Gasteiger partial charge in [0.25, 0.3) is 5.91 Å². The minimum atomic E-state index is -0.422. The predicted molar refractivity (Wildman–Crippen MR) is 102 cm³/mol. The summed E-state index contributed by atoms with van der Waals surface area (Å²) in [5.74, 6) is 0.0747. The molecule has 1 aromatic carbocycles. The molecule has 1 aliphatic heterocycles. The van der Waals surface area contributed by atoms with Crippen molar-refractivity contribution in [2.24, 2.45) is 5.92 Å². The molecule has 0 aliphatic carbocycles. The molecule has 8 heteroatoms. The fraction of sp³-hybridized carbons (Fsp3) is 0.529. The van der Waals surface area contributed by atoms with E-state index in [9.17, 15) is 14.7 Å². The largest absolute Gasteiger partial charge is 0.391 e. The molecule has 0 spiro atoms. The van der Waals surface area contributed by atoms with Crippen LogP contribution in [-0.4, -0.2) is 54.5 Å². The van der Waals surface area contributed by atoms with E-state index in [0.29, 0.717) is 25.2 Å². The van der Waals surface area contributed by atoms with E-state index < -0.39 is 6.10 Å². The summed E-state index contributed by atoms with van der Waals surface area (Å²) in [7, 11) is 0. The molecule has 4 N–H and O–H groups in total. The molecule has 0 saturated carbocycles. The SMILES string of the molecule is CC(C)NC(=O)CSc1ccccc1C(=O)NCC1CNCC1O.Cl. The van der Waals surface area contributed by atoms with Gasteiger partial charge >= 0.3 is 0 Å². The molecule has 1 fully saturated rings. The number of carbonyl (C=O) groups is 2. The topological polar surface area (TPSA) is 90.5 Å². The second-order valence-corrected chi connectivity index (χ2v) is 7.22. The van der Waals surface area contributed by atoms with Gasteiger partial charge in [-0.1, -0.05) is 12.1 Å². The number of nitrogens with one attached hydrogen (secondary N) is 3. The molecular formula is C17H26ClN3O3S. The van der Waals surface area contributed by atoms with E-state index in [0.717, 1.165) is 4.90 Å². The number of hydrogen-bond acceptors (Lipinski definition) is 5. The molecule has 2 amide bonds. The molecule has 2 unspecified atom stereocenters. The lowest BCUT2D eigenvalue weighted by Crippen LogP contribution is -2.34. The number of aliphatic hydroxyl groups excluding tert-OH is 1. The second-order valence-electron chi connectivity index (χ2n) is 6.20. The minimum absolute atomic E-state index is 0. The third-order valence-corrected chi connectivity index (χ3v) is 4.84. The van der Waals surface area contributed by atoms with E-state index in [2.05, 4.69) is 16.0 Å². The van der Waals surface area contributed by atoms with Crippen molar-refractivity contribution in [3.63, 3.8) is 0 Å². The van der Waals surface area contributed by atoms with Crippen LogP contribution in [0.3, 0.4) is 0 Å². The van der Waals surface area contributed by atoms with Crippen molar-refractivity contribution in [3.8, 4) is 0 Å². The summed E-state index contributed by atoms with van der Waals surface area (Å²) in [6.07, 6.45) is -0.422. The predicted octanol–water partition coefficient (Wildman–Crippen LogP) is 1.04. The number of β-amino-alcohol motifs (C(OH)–C–C–N with tert-alkyl or cyclic N) is 1. The van der Waals surface area contributed by atoms with Gasteiger partial charge in [-0.2, -0.15) is 0 Å². The number of hydrogen-bond donors (Lipinski definition) is 4. The van der Waals surface area contributed by atoms with Crippen LogP contribution in [-0.2, 0) is 4.79 Å². The summed E-state index contributed by atoms with van der Waals surface area (Å²) in [6.45, 7) is 5.53. The molecule has 0 radical (unpaired) electrons. The highest BCUT2D eigenvalue weighted by molar-refractivity contribution is 8.00. The van der Waals surface area contributed by atoms with Gasteiger partial charge < -0.3 is 21.1 Å². The van der Waals surface area contributed by atoms with Crippen LogP contribution < -0.4 is 16.0 Å². The van der Waals surface area contributed by atoms with Gasteiger partial charge in [0.15, 0.2) is 0 Å². The number of thioether (sulfide) groups is 1. The maximum atomic E-state index is 12.4. The third kappa shape index (κ3) is 6.86. The molecule has 1 heterocycles. The Kier molecular flexibility index (Phi) is 9.27. The zero-order chi connectivity index (χ0) is 17.5. The Labute approximate surface area is 158 Å². The molecule has 140 valence electrons. The highest BCUT2D eigenvalue weighted by Crippen LogP contribution is 2.22. The van der Waals surface area contributed by atoms with Crippen LogP contribution in [0, 0.1) is 5.92 Å². The highest BCUT2D eigenvalue weighted by Gasteiger charge is 2.25. The number of aliphatic hydroxyl groups is 1. The van der Waals surface area contributed by atoms with Gasteiger partial charge in [0.2, 0.25) is 5.91 Å². The van der Waals surface area contributed by atoms with Gasteiger partial charge in [-0.25, -0.2) is 0 Å². The average molecular weight is 388 g/mol. The third-order valence-electron chi connectivity index (χ3n) is 3.77. The number of amides is 2. The maximum Gasteiger partial charge on any atom is 0.252 e. The van der Waals surface area contributed by atoms with E-state index in [4.69, 9.17) is 0 Å². The van der Waals surface area contributed by atoms with Gasteiger partial charge in [-0.15, -0.1) is 24.2 Å². The monoisotopic (exact) mass is 387 g/mol. The molecule has 1 aromatic rings. The molecule has 1 saturated heterocycles. The zero-order valence-corrected chi connectivity index (χ0v) is 16.1. The van der Waals surface area contributed by atoms with E-state index >= 15 is 0 Å². The molecule has 25 heavy (non-hydrogen) atoms. The van der Waals surface area contributed by atoms with Crippen LogP contribution in [0.25, 0.3) is 0 Å². The fourth-order valence-corrected chi connectivity index (χ4v) is 3.39. The first-order chi connectivity index (χ1) is 11.5. The Balaban J connectivity index is 0.00000312. The first-order valence-corrected chi connectivity index (χ1v) is 9.14. The standard InChI is InChI=1S/C17H25N3O3S.ClH/c1-11(2)20-16(22)10-24-15-6-4-3-5-13(15)17(23)19-8-12-7-18-9-14(12)21;/h3-6,11-12,14,18,21H,7-10H2,1-2H3,(H,19,23)(H,20,22);1H. The van der Waals surface area contributed by atoms with Crippen LogP contribution in [0.1, 0.15) is 24.2 Å². The number of halogens is 1. The highest BCUT2D eigenvalue weighted by atomic mass is 35.5. The van der Waals surface area contributed by atoms with Crippen molar-refractivity contribution in [2.45, 2.75) is 30.9 Å². The van der Waals surface area contributed by atoms with Crippen LogP contribution in [0.5, 0.6) is 0 Å². The molecule has 1 aliphatic rings. The molecule has 2 rings (SSSR count). The Morgan fingerprint density at radius 3 is 2.68 bits per heavy atom. The van der Waals surface area contributed by atoms with Gasteiger partial charge in [0.1, 0.15) is 0 Å². The van der Waals surface area contributed by atoms with Crippen molar-refractivity contribution in [3.05, 3.63) is 29.8 Å². The van der Waals surface area contributed by atoms with E-state index in [1.165, 1.54) is 11.8 Å². The van der Waals surface area contributed by atoms with Gasteiger partial charge in [0.05, 0.1) is 17.4 Å². The maximum absolute atomic E-state index is 12.4. The summed E-state index contributed by atoms with van der Waals surface area (Å²) < 4.78 is 0. The summed E-state index contributed by atoms with van der Waals surface area (Å²) >= 11 is 1.35.